The molecule has 1 aliphatic heterocycles. The Kier molecular flexibility index (Phi) is 11.9. The summed E-state index contributed by atoms with van der Waals surface area (Å²) in [6, 6.07) is 24.9. The van der Waals surface area contributed by atoms with E-state index in [2.05, 4.69) is 61.3 Å². The molecule has 2 N–H and O–H groups in total. The molecule has 8 heteroatoms. The fourth-order valence-electron chi connectivity index (χ4n) is 5.84. The van der Waals surface area contributed by atoms with Crippen molar-refractivity contribution in [3.05, 3.63) is 118 Å². The molecule has 0 spiro atoms. The first-order valence-corrected chi connectivity index (χ1v) is 16.9. The molecule has 2 heterocycles. The van der Waals surface area contributed by atoms with Crippen molar-refractivity contribution in [1.82, 2.24) is 0 Å². The second-order valence-electron chi connectivity index (χ2n) is 12.8. The van der Waals surface area contributed by atoms with Gasteiger partial charge in [0.2, 0.25) is 5.69 Å². The van der Waals surface area contributed by atoms with E-state index in [0.717, 1.165) is 66.2 Å². The van der Waals surface area contributed by atoms with Crippen LogP contribution in [0.3, 0.4) is 0 Å². The topological polar surface area (TPSA) is 98.0 Å². The number of fused-ring (bicyclic) bond motifs is 1. The number of rotatable bonds is 14. The van der Waals surface area contributed by atoms with Crippen LogP contribution in [0.2, 0.25) is 0 Å². The molecule has 0 bridgehead atoms. The lowest BCUT2D eigenvalue weighted by molar-refractivity contribution is -0.617. The van der Waals surface area contributed by atoms with Crippen LogP contribution in [-0.4, -0.2) is 43.9 Å². The highest BCUT2D eigenvalue weighted by atomic mass is 16.5. The van der Waals surface area contributed by atoms with Gasteiger partial charge in [-0.25, -0.2) is 0 Å². The van der Waals surface area contributed by atoms with E-state index in [1.807, 2.05) is 25.1 Å². The van der Waals surface area contributed by atoms with Gasteiger partial charge in [0, 0.05) is 48.8 Å². The average molecular weight is 650 g/mol. The Balaban J connectivity index is 1.31. The van der Waals surface area contributed by atoms with Crippen LogP contribution < -0.4 is 19.7 Å². The zero-order valence-corrected chi connectivity index (χ0v) is 28.4. The molecule has 4 aromatic rings. The van der Waals surface area contributed by atoms with Gasteiger partial charge in [0.05, 0.1) is 6.61 Å². The summed E-state index contributed by atoms with van der Waals surface area (Å²) in [7, 11) is 0. The number of pyridine rings is 1. The maximum absolute atomic E-state index is 13.6. The number of anilines is 2. The number of unbranched alkanes of at least 4 members (excludes halogenated alkanes) is 1. The number of aryl methyl sites for hydroxylation is 1. The summed E-state index contributed by atoms with van der Waals surface area (Å²) >= 11 is 0. The fourth-order valence-corrected chi connectivity index (χ4v) is 5.84. The first kappa shape index (κ1) is 34.7. The van der Waals surface area contributed by atoms with Crippen molar-refractivity contribution in [2.24, 2.45) is 5.92 Å². The lowest BCUT2D eigenvalue weighted by Gasteiger charge is -2.27. The third-order valence-corrected chi connectivity index (χ3v) is 8.42. The van der Waals surface area contributed by atoms with Crippen molar-refractivity contribution in [2.75, 3.05) is 43.1 Å². The van der Waals surface area contributed by atoms with Crippen molar-refractivity contribution in [3.63, 3.8) is 0 Å². The number of aliphatic hydroxyl groups excluding tert-OH is 1. The summed E-state index contributed by atoms with van der Waals surface area (Å²) in [5.74, 6) is 1.10. The van der Waals surface area contributed by atoms with E-state index in [0.29, 0.717) is 47.1 Å². The molecule has 1 aromatic heterocycles. The van der Waals surface area contributed by atoms with E-state index in [4.69, 9.17) is 9.47 Å². The lowest BCUT2D eigenvalue weighted by Crippen LogP contribution is -2.33. The summed E-state index contributed by atoms with van der Waals surface area (Å²) < 4.78 is 12.1. The van der Waals surface area contributed by atoms with Gasteiger partial charge in [-0.2, -0.15) is 4.73 Å². The van der Waals surface area contributed by atoms with Gasteiger partial charge in [0.15, 0.2) is 12.3 Å². The molecule has 0 saturated heterocycles. The second kappa shape index (κ2) is 16.4. The van der Waals surface area contributed by atoms with E-state index in [-0.39, 0.29) is 11.6 Å². The van der Waals surface area contributed by atoms with Crippen molar-refractivity contribution in [2.45, 2.75) is 53.1 Å². The lowest BCUT2D eigenvalue weighted by atomic mass is 10.00. The quantitative estimate of drug-likeness (QED) is 0.0836. The standard InChI is InChI=1S/C40H47N3O5/c1-5-6-21-47-22-23-48-36-14-9-30(10-15-36)32-11-16-37-34(25-32)26-33(18-19-42(37)27-28(2)3)40(45)41-35-12-7-31(8-13-35)39(44)38-24-29(4)17-20-43(38)46/h7-17,20,24-26,28,39,44H,5-6,18-19,21-23,27H2,1-4H3,(H,41,45). The summed E-state index contributed by atoms with van der Waals surface area (Å²) in [6.07, 6.45) is 5.11. The normalized spacial score (nSPS) is 13.5. The molecule has 1 aliphatic rings. The number of benzene rings is 3. The molecule has 1 amide bonds. The molecular formula is C40H47N3O5. The third-order valence-electron chi connectivity index (χ3n) is 8.42. The van der Waals surface area contributed by atoms with Crippen LogP contribution in [0.15, 0.2) is 90.6 Å². The van der Waals surface area contributed by atoms with Crippen LogP contribution in [0.5, 0.6) is 5.75 Å². The Morgan fingerprint density at radius 2 is 1.73 bits per heavy atom. The minimum Gasteiger partial charge on any atom is -0.618 e. The van der Waals surface area contributed by atoms with E-state index in [1.54, 1.807) is 36.4 Å². The number of carbonyl (C=O) groups excluding carboxylic acids is 1. The van der Waals surface area contributed by atoms with Gasteiger partial charge < -0.3 is 30.0 Å². The predicted molar refractivity (Wildman–Crippen MR) is 192 cm³/mol. The van der Waals surface area contributed by atoms with Gasteiger partial charge in [-0.1, -0.05) is 57.5 Å². The molecule has 252 valence electrons. The van der Waals surface area contributed by atoms with E-state index in [1.165, 1.54) is 6.20 Å². The molecule has 1 unspecified atom stereocenters. The van der Waals surface area contributed by atoms with Crippen LogP contribution in [0, 0.1) is 18.0 Å². The summed E-state index contributed by atoms with van der Waals surface area (Å²) in [5.41, 5.74) is 7.27. The largest absolute Gasteiger partial charge is 0.618 e. The van der Waals surface area contributed by atoms with Crippen molar-refractivity contribution in [1.29, 1.82) is 0 Å². The predicted octanol–water partition coefficient (Wildman–Crippen LogP) is 7.46. The minimum atomic E-state index is -1.08. The molecule has 0 fully saturated rings. The van der Waals surface area contributed by atoms with Crippen molar-refractivity contribution < 1.29 is 24.1 Å². The first-order valence-electron chi connectivity index (χ1n) is 16.9. The molecule has 3 aromatic carbocycles. The monoisotopic (exact) mass is 649 g/mol. The molecular weight excluding hydrogens is 602 g/mol. The molecule has 0 aliphatic carbocycles. The Morgan fingerprint density at radius 3 is 2.46 bits per heavy atom. The van der Waals surface area contributed by atoms with E-state index >= 15 is 0 Å². The average Bonchev–Trinajstić information content (AvgIpc) is 3.26. The van der Waals surface area contributed by atoms with E-state index in [9.17, 15) is 15.1 Å². The Bertz CT molecular complexity index is 1700. The van der Waals surface area contributed by atoms with Gasteiger partial charge in [0.25, 0.3) is 5.91 Å². The van der Waals surface area contributed by atoms with Crippen LogP contribution in [0.4, 0.5) is 11.4 Å². The van der Waals surface area contributed by atoms with Crippen LogP contribution >= 0.6 is 0 Å². The van der Waals surface area contributed by atoms with Crippen LogP contribution in [-0.2, 0) is 9.53 Å². The fraction of sp³-hybridized carbons (Fsp3) is 0.350. The third kappa shape index (κ3) is 9.02. The van der Waals surface area contributed by atoms with Crippen molar-refractivity contribution >= 4 is 23.4 Å². The Morgan fingerprint density at radius 1 is 0.979 bits per heavy atom. The molecule has 5 rings (SSSR count). The second-order valence-corrected chi connectivity index (χ2v) is 12.8. The number of nitrogens with one attached hydrogen (secondary N) is 1. The Labute approximate surface area is 284 Å². The van der Waals surface area contributed by atoms with Crippen LogP contribution in [0.25, 0.3) is 17.2 Å². The van der Waals surface area contributed by atoms with Gasteiger partial charge >= 0.3 is 0 Å². The molecule has 48 heavy (non-hydrogen) atoms. The molecule has 0 saturated carbocycles. The van der Waals surface area contributed by atoms with Gasteiger partial charge in [-0.15, -0.1) is 0 Å². The number of carbonyl (C=O) groups is 1. The highest BCUT2D eigenvalue weighted by Gasteiger charge is 2.22. The highest BCUT2D eigenvalue weighted by Crippen LogP contribution is 2.34. The summed E-state index contributed by atoms with van der Waals surface area (Å²) in [6.45, 7) is 11.9. The number of aromatic nitrogens is 1. The van der Waals surface area contributed by atoms with Crippen molar-refractivity contribution in [3.8, 4) is 16.9 Å². The molecule has 1 atom stereocenters. The minimum absolute atomic E-state index is 0.165. The number of amides is 1. The smallest absolute Gasteiger partial charge is 0.251 e. The number of aliphatic hydroxyl groups is 1. The SMILES string of the molecule is CCCCOCCOc1ccc(-c2ccc3c(c2)C=C(C(=O)Nc2ccc(C(O)c4cc(C)cc[n+]4[O-])cc2)CCN3CC(C)C)cc1. The van der Waals surface area contributed by atoms with Gasteiger partial charge in [0.1, 0.15) is 12.4 Å². The molecule has 8 nitrogen and oxygen atoms in total. The van der Waals surface area contributed by atoms with E-state index < -0.39 is 6.10 Å². The zero-order valence-electron chi connectivity index (χ0n) is 28.4. The first-order chi connectivity index (χ1) is 23.2. The zero-order chi connectivity index (χ0) is 34.0. The number of nitrogens with zero attached hydrogens (tertiary/aromatic N) is 2. The number of hydrogen-bond acceptors (Lipinski definition) is 6. The van der Waals surface area contributed by atoms with Crippen LogP contribution in [0.1, 0.15) is 68.5 Å². The maximum Gasteiger partial charge on any atom is 0.251 e. The highest BCUT2D eigenvalue weighted by molar-refractivity contribution is 6.07. The maximum atomic E-state index is 13.6. The van der Waals surface area contributed by atoms with Gasteiger partial charge in [-0.3, -0.25) is 4.79 Å². The summed E-state index contributed by atoms with van der Waals surface area (Å²) in [5, 5.41) is 26.1. The summed E-state index contributed by atoms with van der Waals surface area (Å²) in [4.78, 5) is 16.0. The molecule has 0 radical (unpaired) electrons. The van der Waals surface area contributed by atoms with Gasteiger partial charge in [-0.05, 0) is 96.0 Å². The Hall–Kier alpha value is -4.66. The number of ether oxygens (including phenoxy) is 2. The number of hydrogen-bond donors (Lipinski definition) is 2.